The molecule has 0 bridgehead atoms. The molecular formula is C14H11Cl2N3O2. The fourth-order valence-corrected chi connectivity index (χ4v) is 2.47. The molecule has 108 valence electrons. The number of rotatable bonds is 2. The number of pyridine rings is 1. The van der Waals surface area contributed by atoms with E-state index in [0.29, 0.717) is 18.6 Å². The summed E-state index contributed by atoms with van der Waals surface area (Å²) in [5.74, 6) is 0.937. The molecule has 1 aliphatic heterocycles. The van der Waals surface area contributed by atoms with E-state index in [-0.39, 0.29) is 27.7 Å². The van der Waals surface area contributed by atoms with Gasteiger partial charge in [0.15, 0.2) is 0 Å². The van der Waals surface area contributed by atoms with E-state index in [1.54, 1.807) is 12.1 Å². The van der Waals surface area contributed by atoms with Crippen molar-refractivity contribution in [1.82, 2.24) is 4.98 Å². The SMILES string of the molecule is Nc1nc(Oc2ccc3c(c2)CCC(=O)N3)c(Cl)cc1Cl. The molecule has 0 aliphatic carbocycles. The first kappa shape index (κ1) is 14.0. The van der Waals surface area contributed by atoms with Gasteiger partial charge in [-0.05, 0) is 36.2 Å². The van der Waals surface area contributed by atoms with Crippen LogP contribution in [-0.2, 0) is 11.2 Å². The molecule has 1 amide bonds. The number of fused-ring (bicyclic) bond motifs is 1. The van der Waals surface area contributed by atoms with Gasteiger partial charge in [0.05, 0.1) is 5.02 Å². The number of nitrogens with zero attached hydrogens (tertiary/aromatic N) is 1. The molecule has 0 saturated heterocycles. The molecule has 21 heavy (non-hydrogen) atoms. The number of aromatic nitrogens is 1. The third-order valence-electron chi connectivity index (χ3n) is 3.11. The molecule has 0 radical (unpaired) electrons. The number of carbonyl (C=O) groups excluding carboxylic acids is 1. The van der Waals surface area contributed by atoms with Crippen molar-refractivity contribution in [3.8, 4) is 11.6 Å². The van der Waals surface area contributed by atoms with Crippen LogP contribution < -0.4 is 15.8 Å². The van der Waals surface area contributed by atoms with E-state index in [1.165, 1.54) is 6.07 Å². The van der Waals surface area contributed by atoms with E-state index >= 15 is 0 Å². The number of nitrogens with two attached hydrogens (primary N) is 1. The van der Waals surface area contributed by atoms with Crippen LogP contribution in [0.1, 0.15) is 12.0 Å². The molecule has 0 atom stereocenters. The maximum atomic E-state index is 11.3. The Labute approximate surface area is 131 Å². The lowest BCUT2D eigenvalue weighted by Crippen LogP contribution is -2.18. The number of benzene rings is 1. The van der Waals surface area contributed by atoms with E-state index in [2.05, 4.69) is 10.3 Å². The molecular weight excluding hydrogens is 313 g/mol. The van der Waals surface area contributed by atoms with E-state index in [4.69, 9.17) is 33.7 Å². The second-order valence-corrected chi connectivity index (χ2v) is 5.43. The van der Waals surface area contributed by atoms with Crippen molar-refractivity contribution in [2.24, 2.45) is 0 Å². The zero-order valence-corrected chi connectivity index (χ0v) is 12.3. The number of hydrogen-bond donors (Lipinski definition) is 2. The van der Waals surface area contributed by atoms with Crippen molar-refractivity contribution >= 4 is 40.6 Å². The predicted octanol–water partition coefficient (Wildman–Crippen LogP) is 3.65. The first-order chi connectivity index (χ1) is 10.0. The molecule has 0 saturated carbocycles. The van der Waals surface area contributed by atoms with Crippen LogP contribution in [0, 0.1) is 0 Å². The maximum absolute atomic E-state index is 11.3. The molecule has 0 spiro atoms. The lowest BCUT2D eigenvalue weighted by Gasteiger charge is -2.17. The summed E-state index contributed by atoms with van der Waals surface area (Å²) in [6.07, 6.45) is 1.13. The Morgan fingerprint density at radius 2 is 2.00 bits per heavy atom. The predicted molar refractivity (Wildman–Crippen MR) is 82.1 cm³/mol. The number of aryl methyl sites for hydroxylation is 1. The van der Waals surface area contributed by atoms with E-state index in [0.717, 1.165) is 11.3 Å². The van der Waals surface area contributed by atoms with Crippen LogP contribution in [0.4, 0.5) is 11.5 Å². The van der Waals surface area contributed by atoms with Gasteiger partial charge in [-0.1, -0.05) is 23.2 Å². The largest absolute Gasteiger partial charge is 0.437 e. The standard InChI is InChI=1S/C14H11Cl2N3O2/c15-9-6-10(16)14(19-13(9)17)21-8-2-3-11-7(5-8)1-4-12(20)18-11/h2-3,5-6H,1,4H2,(H2,17,19)(H,18,20). The second kappa shape index (κ2) is 5.42. The smallest absolute Gasteiger partial charge is 0.240 e. The van der Waals surface area contributed by atoms with E-state index in [9.17, 15) is 4.79 Å². The highest BCUT2D eigenvalue weighted by Gasteiger charge is 2.16. The van der Waals surface area contributed by atoms with Gasteiger partial charge in [-0.15, -0.1) is 0 Å². The third-order valence-corrected chi connectivity index (χ3v) is 3.68. The number of carbonyl (C=O) groups is 1. The van der Waals surface area contributed by atoms with Crippen molar-refractivity contribution in [3.63, 3.8) is 0 Å². The molecule has 7 heteroatoms. The monoisotopic (exact) mass is 323 g/mol. The fraction of sp³-hybridized carbons (Fsp3) is 0.143. The Bertz CT molecular complexity index is 734. The van der Waals surface area contributed by atoms with Crippen LogP contribution in [-0.4, -0.2) is 10.9 Å². The number of anilines is 2. The van der Waals surface area contributed by atoms with Gasteiger partial charge in [-0.2, -0.15) is 4.98 Å². The Kier molecular flexibility index (Phi) is 3.61. The highest BCUT2D eigenvalue weighted by Crippen LogP contribution is 2.34. The zero-order valence-electron chi connectivity index (χ0n) is 10.8. The summed E-state index contributed by atoms with van der Waals surface area (Å²) in [6, 6.07) is 6.85. The van der Waals surface area contributed by atoms with Crippen molar-refractivity contribution in [2.75, 3.05) is 11.1 Å². The fourth-order valence-electron chi connectivity index (χ4n) is 2.07. The maximum Gasteiger partial charge on any atom is 0.240 e. The minimum Gasteiger partial charge on any atom is -0.437 e. The summed E-state index contributed by atoms with van der Waals surface area (Å²) >= 11 is 11.9. The van der Waals surface area contributed by atoms with Gasteiger partial charge in [0.2, 0.25) is 11.8 Å². The topological polar surface area (TPSA) is 77.2 Å². The molecule has 1 aromatic heterocycles. The van der Waals surface area contributed by atoms with Gasteiger partial charge in [-0.25, -0.2) is 0 Å². The average molecular weight is 324 g/mol. The molecule has 0 unspecified atom stereocenters. The third kappa shape index (κ3) is 2.89. The highest BCUT2D eigenvalue weighted by molar-refractivity contribution is 6.36. The normalized spacial score (nSPS) is 13.5. The summed E-state index contributed by atoms with van der Waals surface area (Å²) < 4.78 is 5.64. The van der Waals surface area contributed by atoms with Crippen molar-refractivity contribution in [1.29, 1.82) is 0 Å². The van der Waals surface area contributed by atoms with Gasteiger partial charge in [0.1, 0.15) is 16.6 Å². The summed E-state index contributed by atoms with van der Waals surface area (Å²) in [7, 11) is 0. The molecule has 2 aromatic rings. The molecule has 5 nitrogen and oxygen atoms in total. The first-order valence-electron chi connectivity index (χ1n) is 6.25. The van der Waals surface area contributed by atoms with Gasteiger partial charge in [0, 0.05) is 12.1 Å². The van der Waals surface area contributed by atoms with Crippen LogP contribution in [0.3, 0.4) is 0 Å². The van der Waals surface area contributed by atoms with Crippen molar-refractivity contribution < 1.29 is 9.53 Å². The van der Waals surface area contributed by atoms with Gasteiger partial charge in [0.25, 0.3) is 0 Å². The van der Waals surface area contributed by atoms with E-state index in [1.807, 2.05) is 6.07 Å². The van der Waals surface area contributed by atoms with Crippen LogP contribution in [0.5, 0.6) is 11.6 Å². The Balaban J connectivity index is 1.89. The average Bonchev–Trinajstić information content (AvgIpc) is 2.45. The quantitative estimate of drug-likeness (QED) is 0.884. The molecule has 2 heterocycles. The number of nitrogens with one attached hydrogen (secondary N) is 1. The summed E-state index contributed by atoms with van der Waals surface area (Å²) in [5, 5.41) is 3.36. The first-order valence-corrected chi connectivity index (χ1v) is 7.00. The van der Waals surface area contributed by atoms with Gasteiger partial charge in [-0.3, -0.25) is 4.79 Å². The van der Waals surface area contributed by atoms with Crippen LogP contribution in [0.2, 0.25) is 10.0 Å². The summed E-state index contributed by atoms with van der Waals surface area (Å²) in [6.45, 7) is 0. The van der Waals surface area contributed by atoms with Crippen molar-refractivity contribution in [3.05, 3.63) is 39.9 Å². The Morgan fingerprint density at radius 1 is 1.19 bits per heavy atom. The lowest BCUT2D eigenvalue weighted by atomic mass is 10.0. The number of halogens is 2. The lowest BCUT2D eigenvalue weighted by molar-refractivity contribution is -0.116. The van der Waals surface area contributed by atoms with Crippen LogP contribution in [0.25, 0.3) is 0 Å². The minimum absolute atomic E-state index is 0.0198. The highest BCUT2D eigenvalue weighted by atomic mass is 35.5. The Morgan fingerprint density at radius 3 is 2.81 bits per heavy atom. The van der Waals surface area contributed by atoms with E-state index < -0.39 is 0 Å². The van der Waals surface area contributed by atoms with Gasteiger partial charge < -0.3 is 15.8 Å². The zero-order chi connectivity index (χ0) is 15.0. The molecule has 1 aromatic carbocycles. The van der Waals surface area contributed by atoms with Crippen LogP contribution >= 0.6 is 23.2 Å². The molecule has 0 fully saturated rings. The molecule has 3 N–H and O–H groups in total. The van der Waals surface area contributed by atoms with Crippen molar-refractivity contribution in [2.45, 2.75) is 12.8 Å². The minimum atomic E-state index is 0.0198. The number of ether oxygens (including phenoxy) is 1. The summed E-state index contributed by atoms with van der Waals surface area (Å²) in [5.41, 5.74) is 7.44. The van der Waals surface area contributed by atoms with Gasteiger partial charge >= 0.3 is 0 Å². The Hall–Kier alpha value is -1.98. The molecule has 3 rings (SSSR count). The molecule has 1 aliphatic rings. The number of hydrogen-bond acceptors (Lipinski definition) is 4. The number of amides is 1. The summed E-state index contributed by atoms with van der Waals surface area (Å²) in [4.78, 5) is 15.3. The second-order valence-electron chi connectivity index (χ2n) is 4.61. The number of nitrogen functional groups attached to an aromatic ring is 1. The van der Waals surface area contributed by atoms with Crippen LogP contribution in [0.15, 0.2) is 24.3 Å².